The molecule has 1 fully saturated rings. The molecule has 1 radical (unpaired) electrons. The average Bonchev–Trinajstić information content (AvgIpc) is 2.49. The van der Waals surface area contributed by atoms with Crippen molar-refractivity contribution in [3.63, 3.8) is 0 Å². The van der Waals surface area contributed by atoms with Crippen molar-refractivity contribution in [2.24, 2.45) is 23.3 Å². The van der Waals surface area contributed by atoms with E-state index in [1.54, 1.807) is 20.8 Å². The fraction of sp³-hybridized carbons (Fsp3) is 1.00. The quantitative estimate of drug-likeness (QED) is 0.542. The molecule has 2 unspecified atom stereocenters. The van der Waals surface area contributed by atoms with Crippen molar-refractivity contribution < 1.29 is 37.8 Å². The van der Waals surface area contributed by atoms with E-state index in [1.807, 2.05) is 13.8 Å². The van der Waals surface area contributed by atoms with Crippen LogP contribution in [0.1, 0.15) is 62.3 Å². The monoisotopic (exact) mass is 437 g/mol. The average molecular weight is 438 g/mol. The van der Waals surface area contributed by atoms with E-state index < -0.39 is 5.60 Å². The van der Waals surface area contributed by atoms with Gasteiger partial charge in [0.25, 0.3) is 0 Å². The Hall–Kier alpha value is 0.904. The van der Waals surface area contributed by atoms with Crippen molar-refractivity contribution in [3.05, 3.63) is 0 Å². The van der Waals surface area contributed by atoms with Crippen LogP contribution in [0.4, 0.5) is 0 Å². The zero-order valence-corrected chi connectivity index (χ0v) is 21.4. The summed E-state index contributed by atoms with van der Waals surface area (Å²) in [5.74, 6) is 1.28. The second kappa shape index (κ2) is 21.2. The molecule has 25 heavy (non-hydrogen) atoms. The fourth-order valence-electron chi connectivity index (χ4n) is 1.47. The molecule has 0 amide bonds. The van der Waals surface area contributed by atoms with Crippen molar-refractivity contribution in [1.82, 2.24) is 10.2 Å². The molecule has 6 heteroatoms. The molecule has 2 atom stereocenters. The smallest absolute Gasteiger partial charge is 0.0563 e. The summed E-state index contributed by atoms with van der Waals surface area (Å²) < 4.78 is 0. The van der Waals surface area contributed by atoms with Crippen molar-refractivity contribution in [3.8, 4) is 0 Å². The summed E-state index contributed by atoms with van der Waals surface area (Å²) in [5, 5.41) is 11.9. The SMILES string of the molecule is CC.CC(C)(C)O.CC(C)CN.CC(N)C(C)CN1CCNCC1.[Y]. The van der Waals surface area contributed by atoms with Gasteiger partial charge in [0.15, 0.2) is 0 Å². The van der Waals surface area contributed by atoms with Gasteiger partial charge in [0.2, 0.25) is 0 Å². The first-order chi connectivity index (χ1) is 11.0. The Morgan fingerprint density at radius 2 is 1.36 bits per heavy atom. The summed E-state index contributed by atoms with van der Waals surface area (Å²) in [4.78, 5) is 2.49. The van der Waals surface area contributed by atoms with Crippen molar-refractivity contribution in [2.45, 2.75) is 74.0 Å². The molecule has 0 aromatic carbocycles. The van der Waals surface area contributed by atoms with Crippen molar-refractivity contribution >= 4 is 0 Å². The number of aliphatic hydroxyl groups is 1. The van der Waals surface area contributed by atoms with Crippen LogP contribution in [0.15, 0.2) is 0 Å². The van der Waals surface area contributed by atoms with E-state index >= 15 is 0 Å². The third kappa shape index (κ3) is 36.6. The molecule has 1 rings (SSSR count). The fourth-order valence-corrected chi connectivity index (χ4v) is 1.47. The molecule has 0 spiro atoms. The number of nitrogens with two attached hydrogens (primary N) is 2. The van der Waals surface area contributed by atoms with Gasteiger partial charge in [0.1, 0.15) is 0 Å². The van der Waals surface area contributed by atoms with E-state index in [0.29, 0.717) is 17.9 Å². The zero-order chi connectivity index (χ0) is 19.8. The molecule has 1 saturated heterocycles. The van der Waals surface area contributed by atoms with E-state index in [0.717, 1.165) is 26.2 Å². The van der Waals surface area contributed by atoms with Gasteiger partial charge in [-0.1, -0.05) is 34.6 Å². The second-order valence-corrected chi connectivity index (χ2v) is 7.69. The minimum Gasteiger partial charge on any atom is -0.391 e. The Morgan fingerprint density at radius 3 is 1.60 bits per heavy atom. The van der Waals surface area contributed by atoms with Crippen LogP contribution < -0.4 is 16.8 Å². The number of rotatable bonds is 4. The summed E-state index contributed by atoms with van der Waals surface area (Å²) in [6.45, 7) is 24.3. The van der Waals surface area contributed by atoms with Gasteiger partial charge in [-0.25, -0.2) is 0 Å². The number of hydrogen-bond acceptors (Lipinski definition) is 5. The topological polar surface area (TPSA) is 87.5 Å². The summed E-state index contributed by atoms with van der Waals surface area (Å²) in [6.07, 6.45) is 0. The number of nitrogens with one attached hydrogen (secondary N) is 1. The van der Waals surface area contributed by atoms with E-state index in [1.165, 1.54) is 13.1 Å². The molecule has 0 aliphatic carbocycles. The predicted octanol–water partition coefficient (Wildman–Crippen LogP) is 2.28. The first kappa shape index (κ1) is 33.5. The summed E-state index contributed by atoms with van der Waals surface area (Å²) in [5.41, 5.74) is 10.5. The van der Waals surface area contributed by atoms with Gasteiger partial charge < -0.3 is 26.8 Å². The number of hydrogen-bond donors (Lipinski definition) is 4. The molecule has 1 aliphatic rings. The number of piperazine rings is 1. The molecule has 0 bridgehead atoms. The first-order valence-electron chi connectivity index (χ1n) is 9.58. The minimum absolute atomic E-state index is 0. The van der Waals surface area contributed by atoms with Crippen LogP contribution in [0.5, 0.6) is 0 Å². The number of nitrogens with zero attached hydrogens (tertiary/aromatic N) is 1. The van der Waals surface area contributed by atoms with Gasteiger partial charge in [-0.05, 0) is 46.1 Å². The normalized spacial score (nSPS) is 16.7. The summed E-state index contributed by atoms with van der Waals surface area (Å²) in [6, 6.07) is 0.319. The molecule has 1 heterocycles. The van der Waals surface area contributed by atoms with Crippen molar-refractivity contribution in [1.29, 1.82) is 0 Å². The molecule has 6 N–H and O–H groups in total. The third-order valence-electron chi connectivity index (χ3n) is 3.12. The van der Waals surface area contributed by atoms with Crippen LogP contribution in [0.2, 0.25) is 0 Å². The third-order valence-corrected chi connectivity index (χ3v) is 3.12. The Bertz CT molecular complexity index is 234. The molecular formula is C19H48N4OY. The molecule has 1 aliphatic heterocycles. The molecule has 0 saturated carbocycles. The minimum atomic E-state index is -0.500. The Labute approximate surface area is 183 Å². The van der Waals surface area contributed by atoms with E-state index in [4.69, 9.17) is 16.6 Å². The Kier molecular flexibility index (Phi) is 28.4. The van der Waals surface area contributed by atoms with E-state index in [2.05, 4.69) is 37.9 Å². The van der Waals surface area contributed by atoms with Crippen LogP contribution >= 0.6 is 0 Å². The molecule has 5 nitrogen and oxygen atoms in total. The Morgan fingerprint density at radius 1 is 1.04 bits per heavy atom. The molecular weight excluding hydrogens is 389 g/mol. The Balaban J connectivity index is -0.000000143. The van der Waals surface area contributed by atoms with E-state index in [-0.39, 0.29) is 32.7 Å². The van der Waals surface area contributed by atoms with Crippen LogP contribution in [-0.4, -0.2) is 60.9 Å². The van der Waals surface area contributed by atoms with Gasteiger partial charge in [0.05, 0.1) is 5.60 Å². The largest absolute Gasteiger partial charge is 0.391 e. The van der Waals surface area contributed by atoms with Gasteiger partial charge in [0, 0.05) is 71.5 Å². The maximum atomic E-state index is 8.52. The van der Waals surface area contributed by atoms with Crippen LogP contribution in [0, 0.1) is 11.8 Å². The van der Waals surface area contributed by atoms with Crippen molar-refractivity contribution in [2.75, 3.05) is 39.3 Å². The van der Waals surface area contributed by atoms with Gasteiger partial charge >= 0.3 is 0 Å². The summed E-state index contributed by atoms with van der Waals surface area (Å²) in [7, 11) is 0. The van der Waals surface area contributed by atoms with Crippen LogP contribution in [0.3, 0.4) is 0 Å². The molecule has 0 aromatic heterocycles. The van der Waals surface area contributed by atoms with Crippen LogP contribution in [0.25, 0.3) is 0 Å². The predicted molar refractivity (Wildman–Crippen MR) is 109 cm³/mol. The maximum Gasteiger partial charge on any atom is 0.0563 e. The zero-order valence-electron chi connectivity index (χ0n) is 18.6. The second-order valence-electron chi connectivity index (χ2n) is 7.69. The van der Waals surface area contributed by atoms with E-state index in [9.17, 15) is 0 Å². The van der Waals surface area contributed by atoms with Crippen LogP contribution in [-0.2, 0) is 32.7 Å². The maximum absolute atomic E-state index is 8.52. The summed E-state index contributed by atoms with van der Waals surface area (Å²) >= 11 is 0. The van der Waals surface area contributed by atoms with Gasteiger partial charge in [-0.15, -0.1) is 0 Å². The first-order valence-corrected chi connectivity index (χ1v) is 9.58. The molecule has 153 valence electrons. The van der Waals surface area contributed by atoms with Gasteiger partial charge in [-0.2, -0.15) is 0 Å². The molecule has 0 aromatic rings. The van der Waals surface area contributed by atoms with Gasteiger partial charge in [-0.3, -0.25) is 0 Å². The standard InChI is InChI=1S/C9H21N3.C4H11N.C4H10O.C2H6.Y/c1-8(9(2)10)7-12-5-3-11-4-6-12;1-4(2)3-5;1-4(2,3)5;1-2;/h8-9,11H,3-7,10H2,1-2H3;4H,3,5H2,1-2H3;5H,1-3H3;1-2H3;.